The van der Waals surface area contributed by atoms with E-state index in [0.717, 1.165) is 0 Å². The summed E-state index contributed by atoms with van der Waals surface area (Å²) in [5.74, 6) is 0.260. The van der Waals surface area contributed by atoms with Crippen LogP contribution in [-0.4, -0.2) is 30.9 Å². The molecule has 0 bridgehead atoms. The zero-order valence-corrected chi connectivity index (χ0v) is 4.33. The highest BCUT2D eigenvalue weighted by molar-refractivity contribution is 5.76. The molecule has 1 rings (SSSR count). The van der Waals surface area contributed by atoms with Crippen molar-refractivity contribution in [2.75, 3.05) is 19.8 Å². The maximum atomic E-state index is 8.07. The van der Waals surface area contributed by atoms with E-state index in [4.69, 9.17) is 14.7 Å². The Morgan fingerprint density at radius 1 is 1.50 bits per heavy atom. The standard InChI is InChI=1S/C4H7NO3/c6-5-4-3-7-1-2-8-4/h6H,1-3H2. The van der Waals surface area contributed by atoms with E-state index >= 15 is 0 Å². The van der Waals surface area contributed by atoms with Gasteiger partial charge in [-0.15, -0.1) is 0 Å². The molecule has 1 fully saturated rings. The zero-order chi connectivity index (χ0) is 5.82. The third kappa shape index (κ3) is 1.10. The van der Waals surface area contributed by atoms with Gasteiger partial charge in [-0.05, 0) is 0 Å². The molecular weight excluding hydrogens is 110 g/mol. The molecule has 0 aromatic carbocycles. The van der Waals surface area contributed by atoms with Crippen LogP contribution in [0.4, 0.5) is 0 Å². The molecule has 0 spiro atoms. The summed E-state index contributed by atoms with van der Waals surface area (Å²) < 4.78 is 9.66. The third-order valence-corrected chi connectivity index (χ3v) is 0.833. The van der Waals surface area contributed by atoms with Gasteiger partial charge in [0.2, 0.25) is 0 Å². The largest absolute Gasteiger partial charge is 0.475 e. The number of nitrogens with zero attached hydrogens (tertiary/aromatic N) is 1. The highest BCUT2D eigenvalue weighted by atomic mass is 16.6. The highest BCUT2D eigenvalue weighted by Gasteiger charge is 2.06. The SMILES string of the molecule is ON=C1COCCO1. The molecule has 0 saturated carbocycles. The predicted octanol–water partition coefficient (Wildman–Crippen LogP) is -0.179. The Morgan fingerprint density at radius 3 is 2.75 bits per heavy atom. The molecule has 0 atom stereocenters. The minimum atomic E-state index is 0.260. The second-order valence-electron chi connectivity index (χ2n) is 1.39. The van der Waals surface area contributed by atoms with Crippen molar-refractivity contribution in [2.24, 2.45) is 5.16 Å². The third-order valence-electron chi connectivity index (χ3n) is 0.833. The molecule has 1 N–H and O–H groups in total. The molecule has 0 amide bonds. The van der Waals surface area contributed by atoms with Crippen LogP contribution in [-0.2, 0) is 9.47 Å². The monoisotopic (exact) mass is 117 g/mol. The summed E-state index contributed by atoms with van der Waals surface area (Å²) in [5, 5.41) is 10.9. The topological polar surface area (TPSA) is 51.1 Å². The Kier molecular flexibility index (Phi) is 1.69. The fourth-order valence-corrected chi connectivity index (χ4v) is 0.477. The van der Waals surface area contributed by atoms with Crippen LogP contribution < -0.4 is 0 Å². The predicted molar refractivity (Wildman–Crippen MR) is 26.0 cm³/mol. The smallest absolute Gasteiger partial charge is 0.251 e. The van der Waals surface area contributed by atoms with Crippen LogP contribution in [0.15, 0.2) is 5.16 Å². The molecule has 4 nitrogen and oxygen atoms in total. The number of hydrogen-bond donors (Lipinski definition) is 1. The van der Waals surface area contributed by atoms with Crippen LogP contribution >= 0.6 is 0 Å². The van der Waals surface area contributed by atoms with Crippen LogP contribution in [0, 0.1) is 0 Å². The molecule has 1 saturated heterocycles. The van der Waals surface area contributed by atoms with Crippen molar-refractivity contribution in [2.45, 2.75) is 0 Å². The summed E-state index contributed by atoms with van der Waals surface area (Å²) in [6.07, 6.45) is 0. The van der Waals surface area contributed by atoms with E-state index in [0.29, 0.717) is 13.2 Å². The fourth-order valence-electron chi connectivity index (χ4n) is 0.477. The van der Waals surface area contributed by atoms with Crippen LogP contribution in [0.5, 0.6) is 0 Å². The number of oxime groups is 1. The first-order valence-corrected chi connectivity index (χ1v) is 2.35. The van der Waals surface area contributed by atoms with Crippen molar-refractivity contribution in [3.05, 3.63) is 0 Å². The van der Waals surface area contributed by atoms with Gasteiger partial charge in [0.1, 0.15) is 13.2 Å². The van der Waals surface area contributed by atoms with E-state index in [-0.39, 0.29) is 12.5 Å². The summed E-state index contributed by atoms with van der Waals surface area (Å²) >= 11 is 0. The summed E-state index contributed by atoms with van der Waals surface area (Å²) in [6, 6.07) is 0. The average molecular weight is 117 g/mol. The lowest BCUT2D eigenvalue weighted by molar-refractivity contribution is 0.0650. The molecule has 0 unspecified atom stereocenters. The van der Waals surface area contributed by atoms with Crippen molar-refractivity contribution in [3.8, 4) is 0 Å². The lowest BCUT2D eigenvalue weighted by Crippen LogP contribution is -2.23. The summed E-state index contributed by atoms with van der Waals surface area (Å²) in [4.78, 5) is 0. The Labute approximate surface area is 46.7 Å². The first kappa shape index (κ1) is 5.37. The molecule has 8 heavy (non-hydrogen) atoms. The lowest BCUT2D eigenvalue weighted by Gasteiger charge is -2.12. The zero-order valence-electron chi connectivity index (χ0n) is 4.33. The van der Waals surface area contributed by atoms with Crippen molar-refractivity contribution >= 4 is 5.90 Å². The summed E-state index contributed by atoms with van der Waals surface area (Å²) in [7, 11) is 0. The molecule has 4 heteroatoms. The lowest BCUT2D eigenvalue weighted by atomic mass is 10.6. The van der Waals surface area contributed by atoms with Crippen LogP contribution in [0.25, 0.3) is 0 Å². The molecule has 46 valence electrons. The van der Waals surface area contributed by atoms with E-state index in [1.54, 1.807) is 0 Å². The van der Waals surface area contributed by atoms with E-state index in [9.17, 15) is 0 Å². The van der Waals surface area contributed by atoms with Crippen LogP contribution in [0.3, 0.4) is 0 Å². The van der Waals surface area contributed by atoms with Crippen LogP contribution in [0.2, 0.25) is 0 Å². The van der Waals surface area contributed by atoms with Gasteiger partial charge in [-0.1, -0.05) is 5.16 Å². The molecule has 1 aliphatic heterocycles. The minimum absolute atomic E-state index is 0.260. The summed E-state index contributed by atoms with van der Waals surface area (Å²) in [5.41, 5.74) is 0. The Balaban J connectivity index is 2.33. The van der Waals surface area contributed by atoms with E-state index in [1.165, 1.54) is 0 Å². The Hall–Kier alpha value is -0.770. The molecule has 0 radical (unpaired) electrons. The number of ether oxygens (including phenoxy) is 2. The van der Waals surface area contributed by atoms with Gasteiger partial charge in [0, 0.05) is 0 Å². The maximum Gasteiger partial charge on any atom is 0.251 e. The number of hydrogen-bond acceptors (Lipinski definition) is 4. The van der Waals surface area contributed by atoms with Gasteiger partial charge < -0.3 is 14.7 Å². The van der Waals surface area contributed by atoms with Crippen molar-refractivity contribution < 1.29 is 14.7 Å². The molecule has 1 aliphatic rings. The quantitative estimate of drug-likeness (QED) is 0.353. The van der Waals surface area contributed by atoms with Crippen molar-refractivity contribution in [1.29, 1.82) is 0 Å². The van der Waals surface area contributed by atoms with Gasteiger partial charge in [0.25, 0.3) is 5.90 Å². The van der Waals surface area contributed by atoms with Gasteiger partial charge in [-0.25, -0.2) is 0 Å². The van der Waals surface area contributed by atoms with Gasteiger partial charge in [0.05, 0.1) is 6.61 Å². The molecule has 0 aliphatic carbocycles. The first-order valence-electron chi connectivity index (χ1n) is 2.35. The Morgan fingerprint density at radius 2 is 2.38 bits per heavy atom. The molecular formula is C4H7NO3. The van der Waals surface area contributed by atoms with E-state index < -0.39 is 0 Å². The molecule has 1 heterocycles. The fraction of sp³-hybridized carbons (Fsp3) is 0.750. The molecule has 0 aromatic rings. The van der Waals surface area contributed by atoms with Crippen LogP contribution in [0.1, 0.15) is 0 Å². The molecule has 0 aromatic heterocycles. The Bertz CT molecular complexity index is 93.5. The first-order chi connectivity index (χ1) is 3.93. The number of rotatable bonds is 0. The highest BCUT2D eigenvalue weighted by Crippen LogP contribution is 1.91. The second kappa shape index (κ2) is 2.52. The summed E-state index contributed by atoms with van der Waals surface area (Å²) in [6.45, 7) is 1.36. The van der Waals surface area contributed by atoms with E-state index in [2.05, 4.69) is 5.16 Å². The van der Waals surface area contributed by atoms with Gasteiger partial charge in [-0.3, -0.25) is 0 Å². The maximum absolute atomic E-state index is 8.07. The minimum Gasteiger partial charge on any atom is -0.475 e. The van der Waals surface area contributed by atoms with E-state index in [1.807, 2.05) is 0 Å². The van der Waals surface area contributed by atoms with Gasteiger partial charge in [0.15, 0.2) is 0 Å². The van der Waals surface area contributed by atoms with Crippen molar-refractivity contribution in [3.63, 3.8) is 0 Å². The second-order valence-corrected chi connectivity index (χ2v) is 1.39. The average Bonchev–Trinajstić information content (AvgIpc) is 1.90. The van der Waals surface area contributed by atoms with Crippen molar-refractivity contribution in [1.82, 2.24) is 0 Å². The van der Waals surface area contributed by atoms with Gasteiger partial charge >= 0.3 is 0 Å². The van der Waals surface area contributed by atoms with Gasteiger partial charge in [-0.2, -0.15) is 0 Å². The normalized spacial score (nSPS) is 25.2.